The Morgan fingerprint density at radius 2 is 1.81 bits per heavy atom. The Morgan fingerprint density at radius 1 is 1.15 bits per heavy atom. The van der Waals surface area contributed by atoms with E-state index in [-0.39, 0.29) is 11.0 Å². The number of hydrogen-bond acceptors (Lipinski definition) is 3. The van der Waals surface area contributed by atoms with E-state index in [0.717, 1.165) is 48.5 Å². The molecule has 2 fully saturated rings. The van der Waals surface area contributed by atoms with Crippen LogP contribution in [0.5, 0.6) is 0 Å². The number of hydrogen-bond donors (Lipinski definition) is 2. The van der Waals surface area contributed by atoms with Crippen LogP contribution < -0.4 is 11.1 Å². The van der Waals surface area contributed by atoms with Crippen molar-refractivity contribution in [3.05, 3.63) is 35.4 Å². The first-order valence-corrected chi connectivity index (χ1v) is 10.6. The molecule has 3 heteroatoms. The molecule has 4 rings (SSSR count). The molecule has 0 radical (unpaired) electrons. The van der Waals surface area contributed by atoms with Gasteiger partial charge in [-0.15, -0.1) is 0 Å². The number of rotatable bonds is 2. The number of fused-ring (bicyclic) bond motifs is 3. The van der Waals surface area contributed by atoms with Crippen LogP contribution in [0.3, 0.4) is 0 Å². The Hall–Kier alpha value is -1.77. The maximum Gasteiger partial charge on any atom is 0.163 e. The summed E-state index contributed by atoms with van der Waals surface area (Å²) in [5, 5.41) is 3.62. The molecule has 1 heterocycles. The lowest BCUT2D eigenvalue weighted by Gasteiger charge is -2.48. The van der Waals surface area contributed by atoms with Crippen molar-refractivity contribution in [1.82, 2.24) is 5.32 Å². The Morgan fingerprint density at radius 3 is 2.48 bits per heavy atom. The molecule has 3 N–H and O–H groups in total. The maximum atomic E-state index is 13.6. The fourth-order valence-electron chi connectivity index (χ4n) is 6.36. The zero-order valence-corrected chi connectivity index (χ0v) is 17.3. The van der Waals surface area contributed by atoms with Gasteiger partial charge >= 0.3 is 0 Å². The number of carbonyl (C=O) groups excluding carboxylic acids is 1. The summed E-state index contributed by atoms with van der Waals surface area (Å²) in [5.41, 5.74) is 9.93. The van der Waals surface area contributed by atoms with Crippen LogP contribution in [0.2, 0.25) is 0 Å². The van der Waals surface area contributed by atoms with E-state index in [1.807, 2.05) is 18.2 Å². The number of anilines is 1. The summed E-state index contributed by atoms with van der Waals surface area (Å²) in [5.74, 6) is 2.35. The minimum absolute atomic E-state index is 0.0604. The smallest absolute Gasteiger partial charge is 0.163 e. The van der Waals surface area contributed by atoms with Gasteiger partial charge in [-0.25, -0.2) is 0 Å². The third kappa shape index (κ3) is 3.53. The summed E-state index contributed by atoms with van der Waals surface area (Å²) in [6.45, 7) is 9.05. The molecule has 146 valence electrons. The van der Waals surface area contributed by atoms with Gasteiger partial charge in [0.25, 0.3) is 0 Å². The summed E-state index contributed by atoms with van der Waals surface area (Å²) in [6, 6.07) is 6.10. The summed E-state index contributed by atoms with van der Waals surface area (Å²) in [6.07, 6.45) is 8.62. The highest BCUT2D eigenvalue weighted by Crippen LogP contribution is 2.53. The normalized spacial score (nSPS) is 36.0. The molecular formula is C24H34N2O. The van der Waals surface area contributed by atoms with Crippen LogP contribution in [-0.4, -0.2) is 11.3 Å². The number of allylic oxidation sites excluding steroid dienone is 1. The molecule has 0 spiro atoms. The second-order valence-corrected chi connectivity index (χ2v) is 10.5. The van der Waals surface area contributed by atoms with Crippen LogP contribution in [0.1, 0.15) is 70.9 Å². The quantitative estimate of drug-likeness (QED) is 0.575. The van der Waals surface area contributed by atoms with Crippen molar-refractivity contribution >= 4 is 17.2 Å². The van der Waals surface area contributed by atoms with Gasteiger partial charge in [0.2, 0.25) is 0 Å². The Balaban J connectivity index is 1.72. The highest BCUT2D eigenvalue weighted by Gasteiger charge is 2.48. The van der Waals surface area contributed by atoms with Crippen LogP contribution in [0.25, 0.3) is 5.70 Å². The van der Waals surface area contributed by atoms with Crippen LogP contribution in [-0.2, 0) is 11.2 Å². The molecule has 0 saturated heterocycles. The minimum Gasteiger partial charge on any atom is -0.399 e. The number of ketones is 1. The average molecular weight is 367 g/mol. The topological polar surface area (TPSA) is 55.1 Å². The van der Waals surface area contributed by atoms with Gasteiger partial charge in [-0.05, 0) is 87.8 Å². The summed E-state index contributed by atoms with van der Waals surface area (Å²) in [7, 11) is 0. The van der Waals surface area contributed by atoms with E-state index in [1.54, 1.807) is 0 Å². The van der Waals surface area contributed by atoms with Gasteiger partial charge in [0.15, 0.2) is 5.78 Å². The van der Waals surface area contributed by atoms with Crippen LogP contribution in [0.4, 0.5) is 5.69 Å². The molecule has 1 aromatic rings. The Bertz CT molecular complexity index is 772. The summed E-state index contributed by atoms with van der Waals surface area (Å²) < 4.78 is 0. The lowest BCUT2D eigenvalue weighted by Crippen LogP contribution is -2.46. The van der Waals surface area contributed by atoms with Gasteiger partial charge in [0, 0.05) is 34.0 Å². The summed E-state index contributed by atoms with van der Waals surface area (Å²) >= 11 is 0. The first-order valence-electron chi connectivity index (χ1n) is 10.6. The fourth-order valence-corrected chi connectivity index (χ4v) is 6.36. The second kappa shape index (κ2) is 6.39. The number of nitrogens with two attached hydrogens (primary N) is 1. The van der Waals surface area contributed by atoms with E-state index >= 15 is 0 Å². The predicted octanol–water partition coefficient (Wildman–Crippen LogP) is 4.96. The number of benzene rings is 1. The highest BCUT2D eigenvalue weighted by molar-refractivity contribution is 6.01. The molecule has 1 aliphatic heterocycles. The van der Waals surface area contributed by atoms with Crippen molar-refractivity contribution < 1.29 is 4.79 Å². The second-order valence-electron chi connectivity index (χ2n) is 10.5. The van der Waals surface area contributed by atoms with Gasteiger partial charge in [-0.3, -0.25) is 4.79 Å². The van der Waals surface area contributed by atoms with Gasteiger partial charge in [-0.1, -0.05) is 19.9 Å². The zero-order valence-electron chi connectivity index (χ0n) is 17.3. The van der Waals surface area contributed by atoms with E-state index in [0.29, 0.717) is 17.6 Å². The van der Waals surface area contributed by atoms with Gasteiger partial charge in [0.1, 0.15) is 0 Å². The van der Waals surface area contributed by atoms with Crippen molar-refractivity contribution in [3.8, 4) is 0 Å². The number of nitrogens with one attached hydrogen (secondary N) is 1. The van der Waals surface area contributed by atoms with Crippen molar-refractivity contribution in [2.24, 2.45) is 23.2 Å². The van der Waals surface area contributed by atoms with Crippen molar-refractivity contribution in [1.29, 1.82) is 0 Å². The first-order chi connectivity index (χ1) is 12.7. The van der Waals surface area contributed by atoms with Gasteiger partial charge < -0.3 is 11.1 Å². The van der Waals surface area contributed by atoms with E-state index in [2.05, 4.69) is 39.1 Å². The lowest BCUT2D eigenvalue weighted by atomic mass is 9.55. The van der Waals surface area contributed by atoms with E-state index in [4.69, 9.17) is 5.73 Å². The molecule has 0 amide bonds. The molecule has 2 bridgehead atoms. The minimum atomic E-state index is -0.156. The van der Waals surface area contributed by atoms with E-state index in [9.17, 15) is 4.79 Å². The largest absolute Gasteiger partial charge is 0.399 e. The Kier molecular flexibility index (Phi) is 4.40. The first kappa shape index (κ1) is 18.6. The molecule has 2 aliphatic carbocycles. The average Bonchev–Trinajstić information content (AvgIpc) is 2.53. The van der Waals surface area contributed by atoms with Gasteiger partial charge in [-0.2, -0.15) is 0 Å². The molecule has 2 unspecified atom stereocenters. The fraction of sp³-hybridized carbons (Fsp3) is 0.625. The van der Waals surface area contributed by atoms with Crippen molar-refractivity contribution in [3.63, 3.8) is 0 Å². The molecule has 3 nitrogen and oxygen atoms in total. The molecule has 1 aromatic carbocycles. The SMILES string of the molecule is CC1CC2CC(C)CC(C(=O)/C=C3\NC(C)(C)Cc4ccc(N)cc43)(C1)C2. The van der Waals surface area contributed by atoms with Crippen molar-refractivity contribution in [2.45, 2.75) is 71.8 Å². The highest BCUT2D eigenvalue weighted by atomic mass is 16.1. The summed E-state index contributed by atoms with van der Waals surface area (Å²) in [4.78, 5) is 13.6. The van der Waals surface area contributed by atoms with Gasteiger partial charge in [0.05, 0.1) is 0 Å². The van der Waals surface area contributed by atoms with Crippen LogP contribution in [0, 0.1) is 23.2 Å². The molecule has 0 aromatic heterocycles. The van der Waals surface area contributed by atoms with E-state index < -0.39 is 0 Å². The molecule has 2 atom stereocenters. The third-order valence-electron chi connectivity index (χ3n) is 6.96. The monoisotopic (exact) mass is 366 g/mol. The Labute approximate surface area is 163 Å². The number of nitrogen functional groups attached to an aromatic ring is 1. The standard InChI is InChI=1S/C24H34N2O/c1-15-7-17-8-16(2)12-24(11-15,13-17)22(27)10-21-20-9-19(25)6-5-18(20)14-23(3,4)26-21/h5-6,9-10,15-17,26H,7-8,11-14,25H2,1-4H3/b21-10-. The lowest BCUT2D eigenvalue weighted by molar-refractivity contribution is -0.131. The van der Waals surface area contributed by atoms with Crippen molar-refractivity contribution in [2.75, 3.05) is 5.73 Å². The molecule has 2 saturated carbocycles. The number of carbonyl (C=O) groups is 1. The molecule has 3 aliphatic rings. The van der Waals surface area contributed by atoms with E-state index in [1.165, 1.54) is 18.4 Å². The predicted molar refractivity (Wildman–Crippen MR) is 112 cm³/mol. The zero-order chi connectivity index (χ0) is 19.4. The molecular weight excluding hydrogens is 332 g/mol. The molecule has 27 heavy (non-hydrogen) atoms. The van der Waals surface area contributed by atoms with Crippen LogP contribution in [0.15, 0.2) is 24.3 Å². The third-order valence-corrected chi connectivity index (χ3v) is 6.96. The maximum absolute atomic E-state index is 13.6. The van der Waals surface area contributed by atoms with Crippen LogP contribution >= 0.6 is 0 Å².